The van der Waals surface area contributed by atoms with Crippen molar-refractivity contribution >= 4 is 45.3 Å². The zero-order chi connectivity index (χ0) is 21.1. The predicted molar refractivity (Wildman–Crippen MR) is 110 cm³/mol. The Morgan fingerprint density at radius 1 is 1.14 bits per heavy atom. The highest BCUT2D eigenvalue weighted by molar-refractivity contribution is 9.10. The van der Waals surface area contributed by atoms with E-state index in [2.05, 4.69) is 27.8 Å². The van der Waals surface area contributed by atoms with Crippen LogP contribution in [0.5, 0.6) is 0 Å². The molecule has 0 spiro atoms. The zero-order valence-electron chi connectivity index (χ0n) is 15.5. The Morgan fingerprint density at radius 2 is 1.86 bits per heavy atom. The first-order valence-corrected chi connectivity index (χ1v) is 9.45. The average molecular weight is 457 g/mol. The number of benzene rings is 2. The van der Waals surface area contributed by atoms with Crippen LogP contribution in [-0.2, 0) is 9.53 Å². The number of amides is 3. The fraction of sp³-hybridized carbons (Fsp3) is 0.143. The van der Waals surface area contributed by atoms with Crippen molar-refractivity contribution in [3.63, 3.8) is 0 Å². The van der Waals surface area contributed by atoms with Gasteiger partial charge in [-0.3, -0.25) is 19.3 Å². The zero-order valence-corrected chi connectivity index (χ0v) is 17.1. The Labute approximate surface area is 175 Å². The summed E-state index contributed by atoms with van der Waals surface area (Å²) in [7, 11) is 0. The number of nitrogens with one attached hydrogen (secondary N) is 1. The predicted octanol–water partition coefficient (Wildman–Crippen LogP) is 3.34. The summed E-state index contributed by atoms with van der Waals surface area (Å²) in [5.74, 6) is -2.20. The lowest BCUT2D eigenvalue weighted by Gasteiger charge is -2.09. The molecule has 3 rings (SSSR count). The summed E-state index contributed by atoms with van der Waals surface area (Å²) in [6, 6.07) is 9.39. The summed E-state index contributed by atoms with van der Waals surface area (Å²) >= 11 is 3.38. The first kappa shape index (κ1) is 20.5. The molecule has 0 aliphatic carbocycles. The van der Waals surface area contributed by atoms with Crippen LogP contribution >= 0.6 is 15.9 Å². The minimum atomic E-state index is -0.766. The first-order chi connectivity index (χ1) is 13.8. The third-order valence-corrected chi connectivity index (χ3v) is 5.18. The van der Waals surface area contributed by atoms with Gasteiger partial charge in [-0.25, -0.2) is 4.79 Å². The van der Waals surface area contributed by atoms with E-state index in [0.717, 1.165) is 14.9 Å². The van der Waals surface area contributed by atoms with Crippen molar-refractivity contribution in [1.29, 1.82) is 0 Å². The molecule has 0 atom stereocenters. The molecular weight excluding hydrogens is 440 g/mol. The fourth-order valence-electron chi connectivity index (χ4n) is 2.85. The third-order valence-electron chi connectivity index (χ3n) is 4.29. The molecule has 8 heteroatoms. The molecule has 0 saturated carbocycles. The van der Waals surface area contributed by atoms with Crippen molar-refractivity contribution < 1.29 is 23.9 Å². The van der Waals surface area contributed by atoms with Crippen molar-refractivity contribution in [3.8, 4) is 0 Å². The number of ether oxygens (including phenoxy) is 1. The molecule has 0 radical (unpaired) electrons. The van der Waals surface area contributed by atoms with Crippen LogP contribution in [0.15, 0.2) is 53.5 Å². The van der Waals surface area contributed by atoms with Gasteiger partial charge in [0.25, 0.3) is 17.7 Å². The van der Waals surface area contributed by atoms with Gasteiger partial charge in [0, 0.05) is 16.7 Å². The van der Waals surface area contributed by atoms with Crippen LogP contribution in [0, 0.1) is 6.92 Å². The Balaban J connectivity index is 1.64. The van der Waals surface area contributed by atoms with Gasteiger partial charge in [-0.2, -0.15) is 0 Å². The van der Waals surface area contributed by atoms with Crippen LogP contribution in [0.2, 0.25) is 0 Å². The Morgan fingerprint density at radius 3 is 2.55 bits per heavy atom. The van der Waals surface area contributed by atoms with Gasteiger partial charge in [0.2, 0.25) is 0 Å². The third kappa shape index (κ3) is 4.27. The van der Waals surface area contributed by atoms with Gasteiger partial charge in [0.1, 0.15) is 0 Å². The topological polar surface area (TPSA) is 92.8 Å². The molecule has 0 fully saturated rings. The van der Waals surface area contributed by atoms with E-state index in [-0.39, 0.29) is 23.2 Å². The van der Waals surface area contributed by atoms with E-state index in [0.29, 0.717) is 5.69 Å². The van der Waals surface area contributed by atoms with Gasteiger partial charge in [0.15, 0.2) is 6.61 Å². The number of hydrogen-bond donors (Lipinski definition) is 1. The number of rotatable bonds is 6. The minimum Gasteiger partial charge on any atom is -0.452 e. The van der Waals surface area contributed by atoms with Crippen molar-refractivity contribution in [2.45, 2.75) is 6.92 Å². The molecule has 0 bridgehead atoms. The molecule has 7 nitrogen and oxygen atoms in total. The highest BCUT2D eigenvalue weighted by atomic mass is 79.9. The summed E-state index contributed by atoms with van der Waals surface area (Å²) in [6.45, 7) is 5.01. The van der Waals surface area contributed by atoms with Crippen molar-refractivity contribution in [3.05, 3.63) is 75.8 Å². The Kier molecular flexibility index (Phi) is 5.93. The van der Waals surface area contributed by atoms with Crippen molar-refractivity contribution in [2.24, 2.45) is 0 Å². The summed E-state index contributed by atoms with van der Waals surface area (Å²) in [6.07, 6.45) is 1.45. The van der Waals surface area contributed by atoms with Gasteiger partial charge >= 0.3 is 5.97 Å². The maximum absolute atomic E-state index is 12.3. The highest BCUT2D eigenvalue weighted by Gasteiger charge is 2.35. The van der Waals surface area contributed by atoms with Gasteiger partial charge in [-0.15, -0.1) is 6.58 Å². The fourth-order valence-corrected chi connectivity index (χ4v) is 3.09. The molecule has 1 aliphatic rings. The average Bonchev–Trinajstić information content (AvgIpc) is 2.93. The molecule has 1 heterocycles. The van der Waals surface area contributed by atoms with E-state index in [1.807, 2.05) is 6.92 Å². The van der Waals surface area contributed by atoms with Crippen LogP contribution < -0.4 is 5.32 Å². The number of carbonyl (C=O) groups excluding carboxylic acids is 4. The standard InChI is InChI=1S/C21H17BrN2O5/c1-3-8-24-19(26)15-6-4-13(10-16(15)20(24)27)21(28)29-11-18(25)23-14-5-7-17(22)12(2)9-14/h3-7,9-10H,1,8,11H2,2H3,(H,23,25). The van der Waals surface area contributed by atoms with Crippen molar-refractivity contribution in [2.75, 3.05) is 18.5 Å². The number of nitrogens with zero attached hydrogens (tertiary/aromatic N) is 1. The lowest BCUT2D eigenvalue weighted by atomic mass is 10.1. The van der Waals surface area contributed by atoms with Crippen molar-refractivity contribution in [1.82, 2.24) is 4.90 Å². The number of fused-ring (bicyclic) bond motifs is 1. The molecular formula is C21H17BrN2O5. The molecule has 1 aliphatic heterocycles. The molecule has 2 aromatic rings. The number of esters is 1. The van der Waals surface area contributed by atoms with E-state index >= 15 is 0 Å². The summed E-state index contributed by atoms with van der Waals surface area (Å²) < 4.78 is 5.94. The van der Waals surface area contributed by atoms with Crippen LogP contribution in [0.25, 0.3) is 0 Å². The van der Waals surface area contributed by atoms with Crippen LogP contribution in [0.1, 0.15) is 36.6 Å². The molecule has 1 N–H and O–H groups in total. The SMILES string of the molecule is C=CCN1C(=O)c2ccc(C(=O)OCC(=O)Nc3ccc(Br)c(C)c3)cc2C1=O. The van der Waals surface area contributed by atoms with E-state index in [4.69, 9.17) is 4.74 Å². The number of halogens is 1. The largest absolute Gasteiger partial charge is 0.452 e. The maximum atomic E-state index is 12.3. The maximum Gasteiger partial charge on any atom is 0.338 e. The van der Waals surface area contributed by atoms with Gasteiger partial charge in [-0.1, -0.05) is 22.0 Å². The summed E-state index contributed by atoms with van der Waals surface area (Å²) in [5, 5.41) is 2.64. The van der Waals surface area contributed by atoms with Crippen LogP contribution in [0.4, 0.5) is 5.69 Å². The molecule has 2 aromatic carbocycles. The number of hydrogen-bond acceptors (Lipinski definition) is 5. The Bertz CT molecular complexity index is 1050. The van der Waals surface area contributed by atoms with E-state index in [1.54, 1.807) is 18.2 Å². The molecule has 3 amide bonds. The van der Waals surface area contributed by atoms with Gasteiger partial charge in [0.05, 0.1) is 16.7 Å². The molecule has 148 valence electrons. The number of imide groups is 1. The van der Waals surface area contributed by atoms with E-state index in [9.17, 15) is 19.2 Å². The number of carbonyl (C=O) groups is 4. The quantitative estimate of drug-likeness (QED) is 0.408. The molecule has 0 unspecified atom stereocenters. The molecule has 0 aromatic heterocycles. The lowest BCUT2D eigenvalue weighted by molar-refractivity contribution is -0.119. The highest BCUT2D eigenvalue weighted by Crippen LogP contribution is 2.24. The molecule has 0 saturated heterocycles. The van der Waals surface area contributed by atoms with Gasteiger partial charge in [-0.05, 0) is 48.9 Å². The van der Waals surface area contributed by atoms with Crippen LogP contribution in [-0.4, -0.2) is 41.7 Å². The lowest BCUT2D eigenvalue weighted by Crippen LogP contribution is -2.29. The first-order valence-electron chi connectivity index (χ1n) is 8.66. The monoisotopic (exact) mass is 456 g/mol. The minimum absolute atomic E-state index is 0.0811. The second-order valence-corrected chi connectivity index (χ2v) is 7.21. The number of anilines is 1. The second kappa shape index (κ2) is 8.40. The summed E-state index contributed by atoms with van der Waals surface area (Å²) in [5.41, 5.74) is 1.95. The van der Waals surface area contributed by atoms with E-state index < -0.39 is 30.3 Å². The molecule has 29 heavy (non-hydrogen) atoms. The van der Waals surface area contributed by atoms with E-state index in [1.165, 1.54) is 24.3 Å². The van der Waals surface area contributed by atoms with Gasteiger partial charge < -0.3 is 10.1 Å². The summed E-state index contributed by atoms with van der Waals surface area (Å²) in [4.78, 5) is 49.9. The Hall–Kier alpha value is -3.26. The smallest absolute Gasteiger partial charge is 0.338 e. The van der Waals surface area contributed by atoms with Crippen LogP contribution in [0.3, 0.4) is 0 Å². The second-order valence-electron chi connectivity index (χ2n) is 6.36. The number of aryl methyl sites for hydroxylation is 1. The normalized spacial score (nSPS) is 12.6.